The Morgan fingerprint density at radius 3 is 0.826 bits per heavy atom. The summed E-state index contributed by atoms with van der Waals surface area (Å²) in [5.74, 6) is 0. The van der Waals surface area contributed by atoms with Gasteiger partial charge in [-0.1, -0.05) is 176 Å². The molecule has 0 N–H and O–H groups in total. The minimum atomic E-state index is -3.38. The standard InChI is InChI=1S/C42H32O2P2/c43-45(37-18-8-2-9-19-37,38-20-10-3-11-21-38)41-30-36(35-28-26-34(27-29-35)33-16-6-1-7-17-33)31-42(32-41)46(44,39-22-12-4-13-23-39)40-24-14-5-15-25-40/h1-32H. The highest BCUT2D eigenvalue weighted by Gasteiger charge is 2.35. The smallest absolute Gasteiger partial charge is 0.171 e. The van der Waals surface area contributed by atoms with Crippen LogP contribution in [0.2, 0.25) is 0 Å². The quantitative estimate of drug-likeness (QED) is 0.158. The highest BCUT2D eigenvalue weighted by Crippen LogP contribution is 2.47. The van der Waals surface area contributed by atoms with Crippen molar-refractivity contribution in [3.63, 3.8) is 0 Å². The second-order valence-corrected chi connectivity index (χ2v) is 16.8. The number of hydrogen-bond donors (Lipinski definition) is 0. The van der Waals surface area contributed by atoms with E-state index >= 15 is 9.13 Å². The van der Waals surface area contributed by atoms with Gasteiger partial charge in [-0.15, -0.1) is 0 Å². The number of benzene rings is 7. The topological polar surface area (TPSA) is 34.1 Å². The maximum absolute atomic E-state index is 15.7. The van der Waals surface area contributed by atoms with Gasteiger partial charge in [0.25, 0.3) is 0 Å². The van der Waals surface area contributed by atoms with E-state index < -0.39 is 14.3 Å². The molecule has 0 aliphatic heterocycles. The molecular weight excluding hydrogens is 598 g/mol. The van der Waals surface area contributed by atoms with Crippen LogP contribution in [-0.4, -0.2) is 0 Å². The van der Waals surface area contributed by atoms with Crippen LogP contribution in [0.5, 0.6) is 0 Å². The van der Waals surface area contributed by atoms with Gasteiger partial charge in [0, 0.05) is 31.8 Å². The summed E-state index contributed by atoms with van der Waals surface area (Å²) < 4.78 is 31.4. The van der Waals surface area contributed by atoms with Crippen molar-refractivity contribution >= 4 is 46.1 Å². The minimum Gasteiger partial charge on any atom is -0.309 e. The van der Waals surface area contributed by atoms with Gasteiger partial charge < -0.3 is 9.13 Å². The van der Waals surface area contributed by atoms with Gasteiger partial charge in [-0.05, 0) is 40.5 Å². The van der Waals surface area contributed by atoms with E-state index in [1.807, 2.05) is 158 Å². The Morgan fingerprint density at radius 1 is 0.239 bits per heavy atom. The molecule has 0 aliphatic carbocycles. The molecule has 0 fully saturated rings. The molecule has 46 heavy (non-hydrogen) atoms. The van der Waals surface area contributed by atoms with Gasteiger partial charge in [-0.3, -0.25) is 0 Å². The Balaban J connectivity index is 1.51. The summed E-state index contributed by atoms with van der Waals surface area (Å²) >= 11 is 0. The predicted octanol–water partition coefficient (Wildman–Crippen LogP) is 8.30. The molecule has 0 heterocycles. The van der Waals surface area contributed by atoms with Crippen LogP contribution in [0.4, 0.5) is 0 Å². The fourth-order valence-corrected chi connectivity index (χ4v) is 11.6. The normalized spacial score (nSPS) is 11.7. The Labute approximate surface area is 270 Å². The van der Waals surface area contributed by atoms with Crippen LogP contribution >= 0.6 is 14.3 Å². The van der Waals surface area contributed by atoms with Crippen LogP contribution in [0, 0.1) is 0 Å². The molecule has 0 bridgehead atoms. The number of hydrogen-bond acceptors (Lipinski definition) is 2. The van der Waals surface area contributed by atoms with E-state index in [1.54, 1.807) is 0 Å². The molecule has 0 radical (unpaired) electrons. The summed E-state index contributed by atoms with van der Waals surface area (Å²) in [6.07, 6.45) is 0. The van der Waals surface area contributed by atoms with Crippen LogP contribution < -0.4 is 31.8 Å². The van der Waals surface area contributed by atoms with Gasteiger partial charge >= 0.3 is 0 Å². The summed E-state index contributed by atoms with van der Waals surface area (Å²) in [5, 5.41) is 4.24. The molecule has 0 saturated carbocycles. The van der Waals surface area contributed by atoms with Crippen LogP contribution in [0.25, 0.3) is 22.3 Å². The van der Waals surface area contributed by atoms with Gasteiger partial charge in [-0.2, -0.15) is 0 Å². The van der Waals surface area contributed by atoms with Crippen molar-refractivity contribution in [3.8, 4) is 22.3 Å². The van der Waals surface area contributed by atoms with Crippen molar-refractivity contribution in [2.75, 3.05) is 0 Å². The molecule has 0 unspecified atom stereocenters. The van der Waals surface area contributed by atoms with Crippen molar-refractivity contribution in [1.29, 1.82) is 0 Å². The van der Waals surface area contributed by atoms with E-state index in [4.69, 9.17) is 0 Å². The summed E-state index contributed by atoms with van der Waals surface area (Å²) in [4.78, 5) is 0. The molecule has 0 saturated heterocycles. The maximum Gasteiger partial charge on any atom is 0.171 e. The molecule has 0 aliphatic rings. The third-order valence-corrected chi connectivity index (χ3v) is 14.5. The summed E-state index contributed by atoms with van der Waals surface area (Å²) in [6, 6.07) is 63.3. The lowest BCUT2D eigenvalue weighted by Crippen LogP contribution is -2.30. The molecule has 0 spiro atoms. The lowest BCUT2D eigenvalue weighted by atomic mass is 10.0. The van der Waals surface area contributed by atoms with E-state index in [0.717, 1.165) is 43.5 Å². The Hall–Kier alpha value is -5.00. The first kappa shape index (κ1) is 29.7. The van der Waals surface area contributed by atoms with Crippen LogP contribution in [0.15, 0.2) is 194 Å². The van der Waals surface area contributed by atoms with Gasteiger partial charge in [0.1, 0.15) is 0 Å². The Morgan fingerprint density at radius 2 is 0.500 bits per heavy atom. The van der Waals surface area contributed by atoms with Crippen molar-refractivity contribution in [1.82, 2.24) is 0 Å². The van der Waals surface area contributed by atoms with Crippen molar-refractivity contribution in [3.05, 3.63) is 194 Å². The zero-order valence-corrected chi connectivity index (χ0v) is 27.0. The van der Waals surface area contributed by atoms with Gasteiger partial charge in [-0.25, -0.2) is 0 Å². The number of rotatable bonds is 8. The zero-order chi connectivity index (χ0) is 31.4. The molecule has 7 aromatic rings. The van der Waals surface area contributed by atoms with Crippen molar-refractivity contribution < 1.29 is 9.13 Å². The molecule has 0 amide bonds. The highest BCUT2D eigenvalue weighted by atomic mass is 31.2. The van der Waals surface area contributed by atoms with E-state index in [0.29, 0.717) is 10.6 Å². The zero-order valence-electron chi connectivity index (χ0n) is 25.2. The van der Waals surface area contributed by atoms with Crippen molar-refractivity contribution in [2.24, 2.45) is 0 Å². The summed E-state index contributed by atoms with van der Waals surface area (Å²) in [5.41, 5.74) is 4.08. The largest absolute Gasteiger partial charge is 0.309 e. The third-order valence-electron chi connectivity index (χ3n) is 8.43. The van der Waals surface area contributed by atoms with E-state index in [1.165, 1.54) is 0 Å². The van der Waals surface area contributed by atoms with E-state index in [9.17, 15) is 0 Å². The average molecular weight is 631 g/mol. The third kappa shape index (κ3) is 5.52. The van der Waals surface area contributed by atoms with Gasteiger partial charge in [0.2, 0.25) is 0 Å². The molecule has 7 aromatic carbocycles. The van der Waals surface area contributed by atoms with Crippen molar-refractivity contribution in [2.45, 2.75) is 0 Å². The highest BCUT2D eigenvalue weighted by molar-refractivity contribution is 7.86. The van der Waals surface area contributed by atoms with Gasteiger partial charge in [0.05, 0.1) is 0 Å². The second kappa shape index (κ2) is 12.8. The predicted molar refractivity (Wildman–Crippen MR) is 196 cm³/mol. The van der Waals surface area contributed by atoms with Crippen LogP contribution in [0.1, 0.15) is 0 Å². The second-order valence-electron chi connectivity index (χ2n) is 11.2. The maximum atomic E-state index is 15.7. The first-order chi connectivity index (χ1) is 22.6. The molecule has 2 nitrogen and oxygen atoms in total. The average Bonchev–Trinajstić information content (AvgIpc) is 3.16. The van der Waals surface area contributed by atoms with Gasteiger partial charge in [0.15, 0.2) is 14.3 Å². The SMILES string of the molecule is O=P(c1ccccc1)(c1ccccc1)c1cc(-c2ccc(-c3ccccc3)cc2)cc(P(=O)(c2ccccc2)c2ccccc2)c1. The van der Waals surface area contributed by atoms with E-state index in [2.05, 4.69) is 36.4 Å². The summed E-state index contributed by atoms with van der Waals surface area (Å²) in [7, 11) is -6.76. The molecule has 7 rings (SSSR count). The first-order valence-electron chi connectivity index (χ1n) is 15.3. The molecular formula is C42H32O2P2. The fraction of sp³-hybridized carbons (Fsp3) is 0. The fourth-order valence-electron chi connectivity index (χ4n) is 6.06. The summed E-state index contributed by atoms with van der Waals surface area (Å²) in [6.45, 7) is 0. The molecule has 4 heteroatoms. The van der Waals surface area contributed by atoms with Crippen LogP contribution in [0.3, 0.4) is 0 Å². The Kier molecular flexibility index (Phi) is 8.25. The molecule has 0 atom stereocenters. The first-order valence-corrected chi connectivity index (χ1v) is 18.7. The lowest BCUT2D eigenvalue weighted by molar-refractivity contribution is 0.592. The van der Waals surface area contributed by atoms with E-state index in [-0.39, 0.29) is 0 Å². The minimum absolute atomic E-state index is 0.650. The Bertz CT molecular complexity index is 1960. The van der Waals surface area contributed by atoms with Crippen LogP contribution in [-0.2, 0) is 9.13 Å². The lowest BCUT2D eigenvalue weighted by Gasteiger charge is -2.25. The molecule has 222 valence electrons. The molecule has 0 aromatic heterocycles. The monoisotopic (exact) mass is 630 g/mol.